The number of benzene rings is 2. The lowest BCUT2D eigenvalue weighted by molar-refractivity contribution is -0.116. The minimum Gasteiger partial charge on any atom is -0.326 e. The fourth-order valence-electron chi connectivity index (χ4n) is 2.18. The molecule has 0 aliphatic carbocycles. The third kappa shape index (κ3) is 4.97. The van der Waals surface area contributed by atoms with Crippen molar-refractivity contribution in [3.8, 4) is 0 Å². The lowest BCUT2D eigenvalue weighted by Crippen LogP contribution is -2.33. The van der Waals surface area contributed by atoms with Gasteiger partial charge in [-0.25, -0.2) is 8.42 Å². The maximum atomic E-state index is 12.1. The lowest BCUT2D eigenvalue weighted by Gasteiger charge is -2.23. The number of rotatable bonds is 6. The standard InChI is InChI=1S/C17H19ClN2O3S/c1-13-7-9-14(10-8-13)19-17(21)11-12-20(24(2,22)23)16-6-4-3-5-15(16)18/h3-10H,11-12H2,1-2H3,(H,19,21). The molecule has 0 aliphatic heterocycles. The van der Waals surface area contributed by atoms with Gasteiger partial charge in [0.1, 0.15) is 0 Å². The summed E-state index contributed by atoms with van der Waals surface area (Å²) < 4.78 is 25.2. The zero-order chi connectivity index (χ0) is 17.7. The fraction of sp³-hybridized carbons (Fsp3) is 0.235. The van der Waals surface area contributed by atoms with E-state index in [1.807, 2.05) is 19.1 Å². The van der Waals surface area contributed by atoms with Crippen LogP contribution in [0, 0.1) is 6.92 Å². The number of aryl methyl sites for hydroxylation is 1. The SMILES string of the molecule is Cc1ccc(NC(=O)CCN(c2ccccc2Cl)S(C)(=O)=O)cc1. The first kappa shape index (κ1) is 18.3. The van der Waals surface area contributed by atoms with E-state index in [0.717, 1.165) is 16.1 Å². The molecular weight excluding hydrogens is 348 g/mol. The van der Waals surface area contributed by atoms with Crippen LogP contribution in [-0.2, 0) is 14.8 Å². The van der Waals surface area contributed by atoms with E-state index in [1.54, 1.807) is 36.4 Å². The third-order valence-corrected chi connectivity index (χ3v) is 4.90. The Hall–Kier alpha value is -2.05. The van der Waals surface area contributed by atoms with E-state index in [4.69, 9.17) is 11.6 Å². The fourth-order valence-corrected chi connectivity index (χ4v) is 3.41. The van der Waals surface area contributed by atoms with Crippen molar-refractivity contribution in [2.75, 3.05) is 22.4 Å². The van der Waals surface area contributed by atoms with Gasteiger partial charge in [0.05, 0.1) is 17.0 Å². The van der Waals surface area contributed by atoms with Gasteiger partial charge < -0.3 is 5.32 Å². The van der Waals surface area contributed by atoms with Crippen LogP contribution < -0.4 is 9.62 Å². The molecule has 0 heterocycles. The van der Waals surface area contributed by atoms with Crippen LogP contribution >= 0.6 is 11.6 Å². The quantitative estimate of drug-likeness (QED) is 0.851. The van der Waals surface area contributed by atoms with E-state index in [2.05, 4.69) is 5.32 Å². The summed E-state index contributed by atoms with van der Waals surface area (Å²) in [4.78, 5) is 12.1. The van der Waals surface area contributed by atoms with E-state index < -0.39 is 10.0 Å². The van der Waals surface area contributed by atoms with E-state index in [1.165, 1.54) is 0 Å². The van der Waals surface area contributed by atoms with Crippen molar-refractivity contribution < 1.29 is 13.2 Å². The van der Waals surface area contributed by atoms with Crippen LogP contribution in [0.2, 0.25) is 5.02 Å². The zero-order valence-corrected chi connectivity index (χ0v) is 15.1. The molecule has 24 heavy (non-hydrogen) atoms. The van der Waals surface area contributed by atoms with Crippen LogP contribution in [0.3, 0.4) is 0 Å². The summed E-state index contributed by atoms with van der Waals surface area (Å²) in [5.41, 5.74) is 2.13. The average Bonchev–Trinajstić information content (AvgIpc) is 2.50. The predicted octanol–water partition coefficient (Wildman–Crippen LogP) is 3.44. The van der Waals surface area contributed by atoms with Gasteiger partial charge in [-0.15, -0.1) is 0 Å². The number of nitrogens with zero attached hydrogens (tertiary/aromatic N) is 1. The lowest BCUT2D eigenvalue weighted by atomic mass is 10.2. The highest BCUT2D eigenvalue weighted by Gasteiger charge is 2.20. The second-order valence-corrected chi connectivity index (χ2v) is 7.76. The van der Waals surface area contributed by atoms with E-state index >= 15 is 0 Å². The largest absolute Gasteiger partial charge is 0.326 e. The number of sulfonamides is 1. The summed E-state index contributed by atoms with van der Waals surface area (Å²) in [7, 11) is -3.55. The molecule has 0 aliphatic rings. The molecule has 1 amide bonds. The van der Waals surface area contributed by atoms with Crippen molar-refractivity contribution in [1.29, 1.82) is 0 Å². The Labute approximate surface area is 147 Å². The van der Waals surface area contributed by atoms with Gasteiger partial charge in [-0.2, -0.15) is 0 Å². The van der Waals surface area contributed by atoms with Crippen molar-refractivity contribution in [2.24, 2.45) is 0 Å². The molecule has 128 valence electrons. The second-order valence-electron chi connectivity index (χ2n) is 5.45. The number of halogens is 1. The van der Waals surface area contributed by atoms with Crippen molar-refractivity contribution in [1.82, 2.24) is 0 Å². The van der Waals surface area contributed by atoms with Crippen LogP contribution in [-0.4, -0.2) is 27.1 Å². The van der Waals surface area contributed by atoms with Gasteiger partial charge in [0.2, 0.25) is 15.9 Å². The molecule has 0 radical (unpaired) electrons. The Bertz CT molecular complexity index is 820. The average molecular weight is 367 g/mol. The molecule has 0 atom stereocenters. The number of amides is 1. The van der Waals surface area contributed by atoms with Gasteiger partial charge in [-0.05, 0) is 31.2 Å². The molecule has 0 bridgehead atoms. The third-order valence-electron chi connectivity index (χ3n) is 3.40. The number of carbonyl (C=O) groups excluding carboxylic acids is 1. The molecule has 0 aromatic heterocycles. The van der Waals surface area contributed by atoms with Gasteiger partial charge in [0, 0.05) is 18.7 Å². The molecule has 2 rings (SSSR count). The van der Waals surface area contributed by atoms with Gasteiger partial charge in [0.15, 0.2) is 0 Å². The zero-order valence-electron chi connectivity index (χ0n) is 13.5. The monoisotopic (exact) mass is 366 g/mol. The highest BCUT2D eigenvalue weighted by Crippen LogP contribution is 2.27. The van der Waals surface area contributed by atoms with Gasteiger partial charge in [0.25, 0.3) is 0 Å². The number of hydrogen-bond donors (Lipinski definition) is 1. The molecule has 7 heteroatoms. The molecular formula is C17H19ClN2O3S. The highest BCUT2D eigenvalue weighted by atomic mass is 35.5. The van der Waals surface area contributed by atoms with Gasteiger partial charge >= 0.3 is 0 Å². The summed E-state index contributed by atoms with van der Waals surface area (Å²) in [6, 6.07) is 14.0. The van der Waals surface area contributed by atoms with Crippen LogP contribution in [0.15, 0.2) is 48.5 Å². The van der Waals surface area contributed by atoms with Crippen LogP contribution in [0.25, 0.3) is 0 Å². The van der Waals surface area contributed by atoms with E-state index in [9.17, 15) is 13.2 Å². The molecule has 0 saturated carbocycles. The van der Waals surface area contributed by atoms with Crippen molar-refractivity contribution in [3.05, 3.63) is 59.1 Å². The summed E-state index contributed by atoms with van der Waals surface area (Å²) in [5.74, 6) is -0.264. The molecule has 0 saturated heterocycles. The minimum absolute atomic E-state index is 0.0141. The first-order chi connectivity index (χ1) is 11.3. The molecule has 2 aromatic carbocycles. The molecule has 1 N–H and O–H groups in total. The molecule has 0 unspecified atom stereocenters. The van der Waals surface area contributed by atoms with Crippen LogP contribution in [0.4, 0.5) is 11.4 Å². The van der Waals surface area contributed by atoms with Crippen LogP contribution in [0.5, 0.6) is 0 Å². The van der Waals surface area contributed by atoms with E-state index in [0.29, 0.717) is 16.4 Å². The summed E-state index contributed by atoms with van der Waals surface area (Å²) in [6.07, 6.45) is 1.11. The van der Waals surface area contributed by atoms with Crippen molar-refractivity contribution >= 4 is 38.9 Å². The number of nitrogens with one attached hydrogen (secondary N) is 1. The highest BCUT2D eigenvalue weighted by molar-refractivity contribution is 7.92. The molecule has 2 aromatic rings. The van der Waals surface area contributed by atoms with Crippen molar-refractivity contribution in [3.63, 3.8) is 0 Å². The predicted molar refractivity (Wildman–Crippen MR) is 98.1 cm³/mol. The van der Waals surface area contributed by atoms with E-state index in [-0.39, 0.29) is 18.9 Å². The Morgan fingerprint density at radius 1 is 1.12 bits per heavy atom. The Balaban J connectivity index is 2.07. The second kappa shape index (κ2) is 7.68. The maximum absolute atomic E-state index is 12.1. The molecule has 0 fully saturated rings. The first-order valence-electron chi connectivity index (χ1n) is 7.36. The maximum Gasteiger partial charge on any atom is 0.232 e. The Kier molecular flexibility index (Phi) is 5.85. The molecule has 0 spiro atoms. The van der Waals surface area contributed by atoms with Gasteiger partial charge in [-0.3, -0.25) is 9.10 Å². The number of carbonyl (C=O) groups is 1. The number of para-hydroxylation sites is 1. The Morgan fingerprint density at radius 3 is 2.33 bits per heavy atom. The van der Waals surface area contributed by atoms with Crippen molar-refractivity contribution in [2.45, 2.75) is 13.3 Å². The van der Waals surface area contributed by atoms with Gasteiger partial charge in [-0.1, -0.05) is 41.4 Å². The normalized spacial score (nSPS) is 11.1. The molecule has 5 nitrogen and oxygen atoms in total. The summed E-state index contributed by atoms with van der Waals surface area (Å²) in [6.45, 7) is 1.97. The van der Waals surface area contributed by atoms with Crippen LogP contribution in [0.1, 0.15) is 12.0 Å². The summed E-state index contributed by atoms with van der Waals surface area (Å²) >= 11 is 6.08. The minimum atomic E-state index is -3.55. The summed E-state index contributed by atoms with van der Waals surface area (Å²) in [5, 5.41) is 3.07. The number of anilines is 2. The number of hydrogen-bond acceptors (Lipinski definition) is 3. The smallest absolute Gasteiger partial charge is 0.232 e. The topological polar surface area (TPSA) is 66.5 Å². The first-order valence-corrected chi connectivity index (χ1v) is 9.59. The Morgan fingerprint density at radius 2 is 1.75 bits per heavy atom.